The monoisotopic (exact) mass is 507 g/mol. The number of nitrogens with one attached hydrogen (secondary N) is 1. The van der Waals surface area contributed by atoms with Crippen LogP contribution in [-0.4, -0.2) is 48.1 Å². The number of piperazine rings is 1. The van der Waals surface area contributed by atoms with Crippen molar-refractivity contribution in [1.29, 1.82) is 0 Å². The van der Waals surface area contributed by atoms with Crippen LogP contribution in [0.25, 0.3) is 0 Å². The minimum Gasteiger partial charge on any atom is -0.369 e. The van der Waals surface area contributed by atoms with Crippen molar-refractivity contribution in [3.8, 4) is 0 Å². The van der Waals surface area contributed by atoms with E-state index in [1.54, 1.807) is 18.3 Å². The molecule has 1 N–H and O–H groups in total. The fraction of sp³-hybridized carbons (Fsp3) is 0.333. The van der Waals surface area contributed by atoms with Crippen molar-refractivity contribution in [2.75, 3.05) is 43.4 Å². The molecular weight excluding hydrogens is 484 g/mol. The van der Waals surface area contributed by atoms with Gasteiger partial charge in [-0.05, 0) is 56.6 Å². The quantitative estimate of drug-likeness (QED) is 0.409. The van der Waals surface area contributed by atoms with Crippen LogP contribution in [0.2, 0.25) is 15.1 Å². The highest BCUT2D eigenvalue weighted by molar-refractivity contribution is 6.33. The molecule has 0 spiro atoms. The summed E-state index contributed by atoms with van der Waals surface area (Å²) in [4.78, 5) is 13.5. The van der Waals surface area contributed by atoms with E-state index >= 15 is 0 Å². The average Bonchev–Trinajstić information content (AvgIpc) is 2.79. The van der Waals surface area contributed by atoms with Crippen molar-refractivity contribution >= 4 is 52.1 Å². The predicted molar refractivity (Wildman–Crippen MR) is 135 cm³/mol. The van der Waals surface area contributed by atoms with Gasteiger partial charge < -0.3 is 15.1 Å². The molecule has 0 radical (unpaired) electrons. The molecule has 4 rings (SSSR count). The molecule has 1 aliphatic heterocycles. The molecule has 0 unspecified atom stereocenters. The molecule has 1 aliphatic rings. The van der Waals surface area contributed by atoms with E-state index in [1.165, 1.54) is 6.07 Å². The van der Waals surface area contributed by atoms with Crippen molar-refractivity contribution in [3.05, 3.63) is 74.7 Å². The maximum atomic E-state index is 14.0. The Kier molecular flexibility index (Phi) is 7.91. The van der Waals surface area contributed by atoms with Gasteiger partial charge in [-0.25, -0.2) is 14.4 Å². The van der Waals surface area contributed by atoms with Crippen LogP contribution in [0.5, 0.6) is 0 Å². The number of halogens is 4. The van der Waals surface area contributed by atoms with Crippen LogP contribution in [0, 0.1) is 5.82 Å². The van der Waals surface area contributed by atoms with Gasteiger partial charge in [0.25, 0.3) is 0 Å². The van der Waals surface area contributed by atoms with Gasteiger partial charge in [0.15, 0.2) is 0 Å². The maximum absolute atomic E-state index is 14.0. The lowest BCUT2D eigenvalue weighted by Gasteiger charge is -2.34. The summed E-state index contributed by atoms with van der Waals surface area (Å²) in [5.41, 5.74) is 3.02. The Balaban J connectivity index is 1.41. The second kappa shape index (κ2) is 10.9. The summed E-state index contributed by atoms with van der Waals surface area (Å²) in [6.45, 7) is 4.01. The van der Waals surface area contributed by atoms with E-state index in [0.717, 1.165) is 37.6 Å². The summed E-state index contributed by atoms with van der Waals surface area (Å²) < 4.78 is 14.0. The van der Waals surface area contributed by atoms with Gasteiger partial charge >= 0.3 is 0 Å². The Bertz CT molecular complexity index is 1100. The lowest BCUT2D eigenvalue weighted by molar-refractivity contribution is 0.313. The smallest absolute Gasteiger partial charge is 0.227 e. The molecule has 1 aromatic heterocycles. The van der Waals surface area contributed by atoms with E-state index in [2.05, 4.69) is 38.2 Å². The molecule has 2 aromatic carbocycles. The van der Waals surface area contributed by atoms with E-state index in [4.69, 9.17) is 34.8 Å². The Morgan fingerprint density at radius 2 is 1.76 bits per heavy atom. The van der Waals surface area contributed by atoms with Gasteiger partial charge in [-0.2, -0.15) is 0 Å². The van der Waals surface area contributed by atoms with Gasteiger partial charge in [0.05, 0.1) is 27.6 Å². The number of rotatable bonds is 7. The van der Waals surface area contributed by atoms with Crippen molar-refractivity contribution in [2.45, 2.75) is 19.3 Å². The van der Waals surface area contributed by atoms with Gasteiger partial charge in [-0.3, -0.25) is 0 Å². The Labute approximate surface area is 208 Å². The number of hydrogen-bond donors (Lipinski definition) is 1. The van der Waals surface area contributed by atoms with Crippen LogP contribution >= 0.6 is 34.8 Å². The number of aromatic nitrogens is 2. The molecule has 1 saturated heterocycles. The molecule has 33 heavy (non-hydrogen) atoms. The van der Waals surface area contributed by atoms with Crippen LogP contribution < -0.4 is 10.2 Å². The second-order valence-corrected chi connectivity index (χ2v) is 9.34. The third-order valence-electron chi connectivity index (χ3n) is 5.79. The first-order valence-corrected chi connectivity index (χ1v) is 12.0. The summed E-state index contributed by atoms with van der Waals surface area (Å²) in [5.74, 6) is 0.112. The zero-order valence-electron chi connectivity index (χ0n) is 18.3. The summed E-state index contributed by atoms with van der Waals surface area (Å²) in [7, 11) is 2.13. The summed E-state index contributed by atoms with van der Waals surface area (Å²) in [5, 5.41) is 4.68. The standard InChI is InChI=1S/C24H25Cl3FN5/c1-32-10-12-33(13-11-32)16-8-9-23(19(26)14-16)31-24-29-15-20(27)22(30-24)7-2-4-17-18(25)5-3-6-21(17)28/h3,5-6,8-9,14-15H,2,4,7,10-13H2,1H3,(H,29,30,31). The summed E-state index contributed by atoms with van der Waals surface area (Å²) in [6, 6.07) is 10.7. The number of likely N-dealkylation sites (N-methyl/N-ethyl adjacent to an activating group) is 1. The third kappa shape index (κ3) is 6.07. The van der Waals surface area contributed by atoms with Crippen LogP contribution in [0.15, 0.2) is 42.6 Å². The van der Waals surface area contributed by atoms with Crippen molar-refractivity contribution in [2.24, 2.45) is 0 Å². The number of anilines is 3. The first kappa shape index (κ1) is 24.0. The lowest BCUT2D eigenvalue weighted by atomic mass is 10.1. The van der Waals surface area contributed by atoms with Crippen molar-refractivity contribution in [3.63, 3.8) is 0 Å². The molecule has 2 heterocycles. The van der Waals surface area contributed by atoms with Gasteiger partial charge in [0, 0.05) is 42.5 Å². The Morgan fingerprint density at radius 3 is 2.48 bits per heavy atom. The number of nitrogens with zero attached hydrogens (tertiary/aromatic N) is 4. The number of aryl methyl sites for hydroxylation is 1. The highest BCUT2D eigenvalue weighted by atomic mass is 35.5. The molecule has 3 aromatic rings. The van der Waals surface area contributed by atoms with Gasteiger partial charge in [0.1, 0.15) is 5.82 Å². The molecule has 0 bridgehead atoms. The zero-order valence-corrected chi connectivity index (χ0v) is 20.6. The van der Waals surface area contributed by atoms with E-state index in [0.29, 0.717) is 51.5 Å². The molecule has 1 fully saturated rings. The van der Waals surface area contributed by atoms with Crippen molar-refractivity contribution in [1.82, 2.24) is 14.9 Å². The maximum Gasteiger partial charge on any atom is 0.227 e. The van der Waals surface area contributed by atoms with Crippen LogP contribution in [0.4, 0.5) is 21.7 Å². The average molecular weight is 509 g/mol. The minimum atomic E-state index is -0.298. The summed E-state index contributed by atoms with van der Waals surface area (Å²) >= 11 is 19.0. The summed E-state index contributed by atoms with van der Waals surface area (Å²) in [6.07, 6.45) is 3.27. The number of benzene rings is 2. The third-order valence-corrected chi connectivity index (χ3v) is 6.77. The van der Waals surface area contributed by atoms with Gasteiger partial charge in [-0.1, -0.05) is 40.9 Å². The van der Waals surface area contributed by atoms with E-state index in [-0.39, 0.29) is 5.82 Å². The van der Waals surface area contributed by atoms with Gasteiger partial charge in [-0.15, -0.1) is 0 Å². The first-order chi connectivity index (χ1) is 15.9. The first-order valence-electron chi connectivity index (χ1n) is 10.8. The van der Waals surface area contributed by atoms with Gasteiger partial charge in [0.2, 0.25) is 5.95 Å². The van der Waals surface area contributed by atoms with E-state index in [1.807, 2.05) is 12.1 Å². The minimum absolute atomic E-state index is 0.298. The number of hydrogen-bond acceptors (Lipinski definition) is 5. The molecule has 0 atom stereocenters. The molecule has 0 saturated carbocycles. The zero-order chi connectivity index (χ0) is 23.4. The SMILES string of the molecule is CN1CCN(c2ccc(Nc3ncc(Cl)c(CCCc4c(F)cccc4Cl)n3)c(Cl)c2)CC1. The molecule has 174 valence electrons. The fourth-order valence-corrected chi connectivity index (χ4v) is 4.49. The Morgan fingerprint density at radius 1 is 0.970 bits per heavy atom. The lowest BCUT2D eigenvalue weighted by Crippen LogP contribution is -2.44. The molecular formula is C24H25Cl3FN5. The molecule has 9 heteroatoms. The molecule has 0 aliphatic carbocycles. The van der Waals surface area contributed by atoms with Crippen LogP contribution in [-0.2, 0) is 12.8 Å². The van der Waals surface area contributed by atoms with Crippen LogP contribution in [0.1, 0.15) is 17.7 Å². The van der Waals surface area contributed by atoms with E-state index < -0.39 is 0 Å². The predicted octanol–water partition coefficient (Wildman–Crippen LogP) is 6.25. The van der Waals surface area contributed by atoms with Crippen molar-refractivity contribution < 1.29 is 4.39 Å². The normalized spacial score (nSPS) is 14.5. The highest BCUT2D eigenvalue weighted by Crippen LogP contribution is 2.30. The highest BCUT2D eigenvalue weighted by Gasteiger charge is 2.16. The largest absolute Gasteiger partial charge is 0.369 e. The van der Waals surface area contributed by atoms with Crippen LogP contribution in [0.3, 0.4) is 0 Å². The molecule has 0 amide bonds. The molecule has 5 nitrogen and oxygen atoms in total. The Hall–Kier alpha value is -2.12. The van der Waals surface area contributed by atoms with E-state index in [9.17, 15) is 4.39 Å². The topological polar surface area (TPSA) is 44.3 Å². The fourth-order valence-electron chi connectivity index (χ4n) is 3.83. The second-order valence-electron chi connectivity index (χ2n) is 8.12.